The van der Waals surface area contributed by atoms with Crippen molar-refractivity contribution in [2.45, 2.75) is 26.9 Å². The fourth-order valence-corrected chi connectivity index (χ4v) is 2.43. The average Bonchev–Trinajstić information content (AvgIpc) is 3.04. The second kappa shape index (κ2) is 6.72. The zero-order valence-electron chi connectivity index (χ0n) is 14.0. The van der Waals surface area contributed by atoms with E-state index in [9.17, 15) is 9.59 Å². The van der Waals surface area contributed by atoms with Crippen LogP contribution in [0.5, 0.6) is 0 Å². The van der Waals surface area contributed by atoms with Gasteiger partial charge in [0, 0.05) is 11.6 Å². The van der Waals surface area contributed by atoms with Crippen LogP contribution in [0.15, 0.2) is 50.0 Å². The molecular formula is C18H16N2O5. The number of hydrogen-bond donors (Lipinski definition) is 0. The van der Waals surface area contributed by atoms with E-state index in [1.165, 1.54) is 13.0 Å². The molecule has 0 aliphatic heterocycles. The summed E-state index contributed by atoms with van der Waals surface area (Å²) in [5.41, 5.74) is 0.969. The van der Waals surface area contributed by atoms with Crippen molar-refractivity contribution in [2.75, 3.05) is 0 Å². The first-order valence-electron chi connectivity index (χ1n) is 7.67. The first-order valence-corrected chi connectivity index (χ1v) is 7.67. The van der Waals surface area contributed by atoms with Crippen molar-refractivity contribution >= 4 is 5.97 Å². The van der Waals surface area contributed by atoms with Crippen LogP contribution < -0.4 is 5.63 Å². The van der Waals surface area contributed by atoms with Crippen LogP contribution in [0.25, 0.3) is 11.5 Å². The Labute approximate surface area is 143 Å². The van der Waals surface area contributed by atoms with E-state index in [0.717, 1.165) is 5.56 Å². The molecule has 25 heavy (non-hydrogen) atoms. The number of carbonyl (C=O) groups excluding carboxylic acids is 1. The molecule has 0 fully saturated rings. The summed E-state index contributed by atoms with van der Waals surface area (Å²) in [7, 11) is 0. The Morgan fingerprint density at radius 1 is 1.12 bits per heavy atom. The van der Waals surface area contributed by atoms with Crippen molar-refractivity contribution in [3.8, 4) is 11.5 Å². The minimum atomic E-state index is -0.747. The van der Waals surface area contributed by atoms with Gasteiger partial charge in [0.25, 0.3) is 5.89 Å². The number of hydrogen-bond acceptors (Lipinski definition) is 7. The molecule has 2 aromatic heterocycles. The molecule has 128 valence electrons. The van der Waals surface area contributed by atoms with Gasteiger partial charge in [-0.1, -0.05) is 18.2 Å². The van der Waals surface area contributed by atoms with Crippen molar-refractivity contribution in [1.82, 2.24) is 10.2 Å². The number of nitrogens with zero attached hydrogens (tertiary/aromatic N) is 2. The molecule has 1 atom stereocenters. The molecule has 3 rings (SSSR count). The number of ether oxygens (including phenoxy) is 1. The molecule has 2 heterocycles. The predicted octanol–water partition coefficient (Wildman–Crippen LogP) is 3.22. The molecule has 0 radical (unpaired) electrons. The van der Waals surface area contributed by atoms with Gasteiger partial charge in [0.05, 0.1) is 0 Å². The Balaban J connectivity index is 1.79. The summed E-state index contributed by atoms with van der Waals surface area (Å²) in [6, 6.07) is 10.5. The summed E-state index contributed by atoms with van der Waals surface area (Å²) >= 11 is 0. The molecule has 1 unspecified atom stereocenters. The highest BCUT2D eigenvalue weighted by atomic mass is 16.6. The summed E-state index contributed by atoms with van der Waals surface area (Å²) in [5.74, 6) is 0.111. The van der Waals surface area contributed by atoms with E-state index >= 15 is 0 Å². The molecule has 0 saturated heterocycles. The predicted molar refractivity (Wildman–Crippen MR) is 88.0 cm³/mol. The Bertz CT molecular complexity index is 933. The molecular weight excluding hydrogens is 324 g/mol. The second-order valence-corrected chi connectivity index (χ2v) is 5.54. The van der Waals surface area contributed by atoms with Crippen LogP contribution in [0.4, 0.5) is 0 Å². The molecule has 7 heteroatoms. The largest absolute Gasteiger partial charge is 0.449 e. The van der Waals surface area contributed by atoms with E-state index in [0.29, 0.717) is 11.5 Å². The summed E-state index contributed by atoms with van der Waals surface area (Å²) in [6.45, 7) is 4.81. The molecule has 0 saturated carbocycles. The molecule has 0 amide bonds. The van der Waals surface area contributed by atoms with Crippen LogP contribution >= 0.6 is 0 Å². The number of benzene rings is 1. The highest BCUT2D eigenvalue weighted by Crippen LogP contribution is 2.23. The molecule has 3 aromatic rings. The highest BCUT2D eigenvalue weighted by molar-refractivity contribution is 5.91. The van der Waals surface area contributed by atoms with Gasteiger partial charge < -0.3 is 13.6 Å². The summed E-state index contributed by atoms with van der Waals surface area (Å²) in [5, 5.41) is 7.90. The number of aryl methyl sites for hydroxylation is 2. The quantitative estimate of drug-likeness (QED) is 0.673. The Kier molecular flexibility index (Phi) is 4.47. The second-order valence-electron chi connectivity index (χ2n) is 5.54. The van der Waals surface area contributed by atoms with Gasteiger partial charge in [0.1, 0.15) is 11.3 Å². The Hall–Kier alpha value is -3.22. The van der Waals surface area contributed by atoms with E-state index in [2.05, 4.69) is 10.2 Å². The lowest BCUT2D eigenvalue weighted by molar-refractivity contribution is 0.0274. The third-order valence-corrected chi connectivity index (χ3v) is 3.63. The van der Waals surface area contributed by atoms with Crippen molar-refractivity contribution in [3.05, 3.63) is 69.6 Å². The fraction of sp³-hybridized carbons (Fsp3) is 0.222. The van der Waals surface area contributed by atoms with Crippen LogP contribution in [0.2, 0.25) is 0 Å². The van der Waals surface area contributed by atoms with Crippen LogP contribution in [0, 0.1) is 13.8 Å². The van der Waals surface area contributed by atoms with Crippen molar-refractivity contribution in [3.63, 3.8) is 0 Å². The number of aromatic nitrogens is 2. The number of esters is 1. The van der Waals surface area contributed by atoms with Crippen LogP contribution in [0.3, 0.4) is 0 Å². The molecule has 0 N–H and O–H groups in total. The summed E-state index contributed by atoms with van der Waals surface area (Å²) < 4.78 is 15.9. The SMILES string of the molecule is Cc1cc(=O)oc(C)c1C(=O)OC(C)c1nnc(-c2ccccc2)o1. The zero-order valence-corrected chi connectivity index (χ0v) is 14.0. The van der Waals surface area contributed by atoms with Gasteiger partial charge in [-0.15, -0.1) is 10.2 Å². The summed E-state index contributed by atoms with van der Waals surface area (Å²) in [6.07, 6.45) is -0.747. The molecule has 0 aliphatic carbocycles. The maximum absolute atomic E-state index is 12.4. The maximum Gasteiger partial charge on any atom is 0.342 e. The lowest BCUT2D eigenvalue weighted by Gasteiger charge is -2.11. The van der Waals surface area contributed by atoms with Crippen molar-refractivity contribution < 1.29 is 18.4 Å². The minimum Gasteiger partial charge on any atom is -0.449 e. The average molecular weight is 340 g/mol. The lowest BCUT2D eigenvalue weighted by atomic mass is 10.1. The number of rotatable bonds is 4. The van der Waals surface area contributed by atoms with Crippen LogP contribution in [-0.4, -0.2) is 16.2 Å². The van der Waals surface area contributed by atoms with Gasteiger partial charge >= 0.3 is 11.6 Å². The van der Waals surface area contributed by atoms with E-state index in [1.807, 2.05) is 30.3 Å². The first-order chi connectivity index (χ1) is 12.0. The Morgan fingerprint density at radius 2 is 1.84 bits per heavy atom. The molecule has 0 aliphatic rings. The third-order valence-electron chi connectivity index (χ3n) is 3.63. The monoisotopic (exact) mass is 340 g/mol. The maximum atomic E-state index is 12.4. The lowest BCUT2D eigenvalue weighted by Crippen LogP contribution is -2.15. The number of carbonyl (C=O) groups is 1. The van der Waals surface area contributed by atoms with Crippen molar-refractivity contribution in [1.29, 1.82) is 0 Å². The third kappa shape index (κ3) is 3.50. The van der Waals surface area contributed by atoms with Gasteiger partial charge in [0.2, 0.25) is 5.89 Å². The smallest absolute Gasteiger partial charge is 0.342 e. The van der Waals surface area contributed by atoms with Gasteiger partial charge in [-0.3, -0.25) is 0 Å². The normalized spacial score (nSPS) is 12.0. The fourth-order valence-electron chi connectivity index (χ4n) is 2.43. The topological polar surface area (TPSA) is 95.4 Å². The van der Waals surface area contributed by atoms with Gasteiger partial charge in [-0.05, 0) is 38.5 Å². The molecule has 0 bridgehead atoms. The van der Waals surface area contributed by atoms with E-state index in [4.69, 9.17) is 13.6 Å². The van der Waals surface area contributed by atoms with Gasteiger partial charge in [-0.2, -0.15) is 0 Å². The van der Waals surface area contributed by atoms with E-state index < -0.39 is 17.7 Å². The van der Waals surface area contributed by atoms with Crippen LogP contribution in [-0.2, 0) is 4.74 Å². The Morgan fingerprint density at radius 3 is 2.52 bits per heavy atom. The molecule has 7 nitrogen and oxygen atoms in total. The van der Waals surface area contributed by atoms with Gasteiger partial charge in [-0.25, -0.2) is 9.59 Å². The van der Waals surface area contributed by atoms with Crippen molar-refractivity contribution in [2.24, 2.45) is 0 Å². The standard InChI is InChI=1S/C18H16N2O5/c1-10-9-14(21)23-11(2)15(10)18(22)24-12(3)16-19-20-17(25-16)13-7-5-4-6-8-13/h4-9,12H,1-3H3. The summed E-state index contributed by atoms with van der Waals surface area (Å²) in [4.78, 5) is 23.7. The molecule has 1 aromatic carbocycles. The van der Waals surface area contributed by atoms with E-state index in [-0.39, 0.29) is 17.2 Å². The zero-order chi connectivity index (χ0) is 18.0. The van der Waals surface area contributed by atoms with Crippen LogP contribution in [0.1, 0.15) is 40.6 Å². The van der Waals surface area contributed by atoms with E-state index in [1.54, 1.807) is 13.8 Å². The minimum absolute atomic E-state index is 0.180. The molecule has 0 spiro atoms. The highest BCUT2D eigenvalue weighted by Gasteiger charge is 2.23. The first kappa shape index (κ1) is 16.6. The van der Waals surface area contributed by atoms with Gasteiger partial charge in [0.15, 0.2) is 6.10 Å².